The number of hydrogen-bond donors (Lipinski definition) is 1. The largest absolute Gasteiger partial charge is 0.395 e. The first kappa shape index (κ1) is 16.5. The van der Waals surface area contributed by atoms with Gasteiger partial charge in [-0.05, 0) is 19.1 Å². The number of carbonyl (C=O) groups excluding carboxylic acids is 1. The van der Waals surface area contributed by atoms with Crippen molar-refractivity contribution in [3.8, 4) is 11.3 Å². The summed E-state index contributed by atoms with van der Waals surface area (Å²) in [6.07, 6.45) is -2.64. The number of aromatic nitrogens is 1. The van der Waals surface area contributed by atoms with Gasteiger partial charge in [-0.1, -0.05) is 12.1 Å². The van der Waals surface area contributed by atoms with E-state index in [-0.39, 0.29) is 13.2 Å². The fraction of sp³-hybridized carbons (Fsp3) is 0.333. The fourth-order valence-corrected chi connectivity index (χ4v) is 2.68. The average molecular weight is 326 g/mol. The minimum absolute atomic E-state index is 0.122. The maximum atomic E-state index is 12.5. The van der Waals surface area contributed by atoms with Gasteiger partial charge in [0.2, 0.25) is 0 Å². The van der Waals surface area contributed by atoms with Crippen LogP contribution in [0.5, 0.6) is 0 Å². The molecular formula is C15H16F2N2O2S. The number of thiazole rings is 1. The van der Waals surface area contributed by atoms with Crippen molar-refractivity contribution in [1.29, 1.82) is 0 Å². The van der Waals surface area contributed by atoms with Crippen LogP contribution in [0.25, 0.3) is 11.3 Å². The Labute approximate surface area is 131 Å². The van der Waals surface area contributed by atoms with E-state index in [1.165, 1.54) is 11.3 Å². The molecule has 4 nitrogen and oxygen atoms in total. The first-order chi connectivity index (χ1) is 10.5. The van der Waals surface area contributed by atoms with Gasteiger partial charge >= 0.3 is 0 Å². The third kappa shape index (κ3) is 4.08. The van der Waals surface area contributed by atoms with Crippen LogP contribution in [0.2, 0.25) is 0 Å². The van der Waals surface area contributed by atoms with Crippen molar-refractivity contribution in [2.24, 2.45) is 0 Å². The highest BCUT2D eigenvalue weighted by Gasteiger charge is 2.19. The number of rotatable bonds is 6. The number of aryl methyl sites for hydroxylation is 1. The second-order valence-corrected chi connectivity index (χ2v) is 5.76. The number of benzene rings is 1. The summed E-state index contributed by atoms with van der Waals surface area (Å²) >= 11 is 1.50. The van der Waals surface area contributed by atoms with E-state index in [1.54, 1.807) is 18.2 Å². The summed E-state index contributed by atoms with van der Waals surface area (Å²) in [5.41, 5.74) is 1.81. The van der Waals surface area contributed by atoms with E-state index < -0.39 is 18.9 Å². The Morgan fingerprint density at radius 3 is 2.82 bits per heavy atom. The first-order valence-corrected chi connectivity index (χ1v) is 7.60. The van der Waals surface area contributed by atoms with E-state index >= 15 is 0 Å². The van der Waals surface area contributed by atoms with Crippen molar-refractivity contribution in [2.75, 3.05) is 19.7 Å². The summed E-state index contributed by atoms with van der Waals surface area (Å²) in [4.78, 5) is 17.6. The molecule has 2 aromatic rings. The molecule has 0 aliphatic carbocycles. The van der Waals surface area contributed by atoms with Gasteiger partial charge in [-0.3, -0.25) is 4.79 Å². The maximum absolute atomic E-state index is 12.5. The Bertz CT molecular complexity index is 646. The molecule has 118 valence electrons. The lowest BCUT2D eigenvalue weighted by Crippen LogP contribution is -2.37. The second-order valence-electron chi connectivity index (χ2n) is 4.70. The van der Waals surface area contributed by atoms with E-state index in [4.69, 9.17) is 5.11 Å². The van der Waals surface area contributed by atoms with Crippen LogP contribution in [0, 0.1) is 6.92 Å². The highest BCUT2D eigenvalue weighted by molar-refractivity contribution is 7.09. The molecule has 22 heavy (non-hydrogen) atoms. The van der Waals surface area contributed by atoms with Gasteiger partial charge in [0.05, 0.1) is 23.9 Å². The molecule has 1 aromatic heterocycles. The number of amides is 1. The summed E-state index contributed by atoms with van der Waals surface area (Å²) in [7, 11) is 0. The molecule has 0 saturated carbocycles. The first-order valence-electron chi connectivity index (χ1n) is 6.72. The Balaban J connectivity index is 2.25. The molecule has 1 amide bonds. The molecule has 0 aliphatic rings. The quantitative estimate of drug-likeness (QED) is 0.888. The molecule has 7 heteroatoms. The van der Waals surface area contributed by atoms with Gasteiger partial charge in [-0.2, -0.15) is 0 Å². The van der Waals surface area contributed by atoms with Crippen LogP contribution in [0.3, 0.4) is 0 Å². The summed E-state index contributed by atoms with van der Waals surface area (Å²) in [5, 5.41) is 11.7. The van der Waals surface area contributed by atoms with Crippen molar-refractivity contribution in [3.63, 3.8) is 0 Å². The van der Waals surface area contributed by atoms with E-state index in [9.17, 15) is 13.6 Å². The predicted molar refractivity (Wildman–Crippen MR) is 81.3 cm³/mol. The van der Waals surface area contributed by atoms with Gasteiger partial charge in [-0.15, -0.1) is 11.3 Å². The smallest absolute Gasteiger partial charge is 0.255 e. The van der Waals surface area contributed by atoms with Gasteiger partial charge in [0, 0.05) is 23.1 Å². The summed E-state index contributed by atoms with van der Waals surface area (Å²) < 4.78 is 25.1. The third-order valence-corrected chi connectivity index (χ3v) is 3.81. The normalized spacial score (nSPS) is 11.0. The van der Waals surface area contributed by atoms with Gasteiger partial charge in [0.1, 0.15) is 0 Å². The molecule has 0 radical (unpaired) electrons. The topological polar surface area (TPSA) is 53.4 Å². The van der Waals surface area contributed by atoms with Crippen molar-refractivity contribution >= 4 is 17.2 Å². The van der Waals surface area contributed by atoms with Crippen LogP contribution >= 0.6 is 11.3 Å². The fourth-order valence-electron chi connectivity index (χ4n) is 2.05. The zero-order chi connectivity index (χ0) is 16.1. The second kappa shape index (κ2) is 7.42. The highest BCUT2D eigenvalue weighted by Crippen LogP contribution is 2.23. The van der Waals surface area contributed by atoms with Crippen LogP contribution in [-0.2, 0) is 0 Å². The van der Waals surface area contributed by atoms with Crippen molar-refractivity contribution in [3.05, 3.63) is 40.2 Å². The van der Waals surface area contributed by atoms with Crippen molar-refractivity contribution in [2.45, 2.75) is 13.3 Å². The van der Waals surface area contributed by atoms with Gasteiger partial charge < -0.3 is 10.0 Å². The maximum Gasteiger partial charge on any atom is 0.255 e. The zero-order valence-electron chi connectivity index (χ0n) is 12.0. The lowest BCUT2D eigenvalue weighted by atomic mass is 10.1. The van der Waals surface area contributed by atoms with E-state index in [2.05, 4.69) is 4.98 Å². The number of carbonyl (C=O) groups is 1. The van der Waals surface area contributed by atoms with Crippen molar-refractivity contribution in [1.82, 2.24) is 9.88 Å². The number of halogens is 2. The molecule has 1 N–H and O–H groups in total. The SMILES string of the molecule is Cc1nc(-c2cccc(C(=O)N(CCO)CC(F)F)c2)cs1. The monoisotopic (exact) mass is 326 g/mol. The Morgan fingerprint density at radius 2 is 2.23 bits per heavy atom. The minimum atomic E-state index is -2.64. The van der Waals surface area contributed by atoms with E-state index in [0.717, 1.165) is 21.2 Å². The Morgan fingerprint density at radius 1 is 1.45 bits per heavy atom. The average Bonchev–Trinajstić information content (AvgIpc) is 2.92. The standard InChI is InChI=1S/C15H16F2N2O2S/c1-10-18-13(9-22-10)11-3-2-4-12(7-11)15(21)19(5-6-20)8-14(16)17/h2-4,7,9,14,20H,5-6,8H2,1H3. The van der Waals surface area contributed by atoms with E-state index in [0.29, 0.717) is 5.56 Å². The van der Waals surface area contributed by atoms with Crippen molar-refractivity contribution < 1.29 is 18.7 Å². The van der Waals surface area contributed by atoms with Crippen LogP contribution in [-0.4, -0.2) is 47.0 Å². The number of aliphatic hydroxyl groups is 1. The highest BCUT2D eigenvalue weighted by atomic mass is 32.1. The van der Waals surface area contributed by atoms with Gasteiger partial charge in [-0.25, -0.2) is 13.8 Å². The minimum Gasteiger partial charge on any atom is -0.395 e. The number of hydrogen-bond acceptors (Lipinski definition) is 4. The lowest BCUT2D eigenvalue weighted by molar-refractivity contribution is 0.0509. The lowest BCUT2D eigenvalue weighted by Gasteiger charge is -2.21. The van der Waals surface area contributed by atoms with Crippen LogP contribution in [0.4, 0.5) is 8.78 Å². The molecule has 0 bridgehead atoms. The zero-order valence-corrected chi connectivity index (χ0v) is 12.8. The van der Waals surface area contributed by atoms with Gasteiger partial charge in [0.25, 0.3) is 12.3 Å². The Hall–Kier alpha value is -1.86. The molecule has 0 atom stereocenters. The molecule has 1 aromatic carbocycles. The molecule has 0 aliphatic heterocycles. The number of alkyl halides is 2. The number of nitrogens with zero attached hydrogens (tertiary/aromatic N) is 2. The molecule has 0 unspecified atom stereocenters. The molecule has 2 rings (SSSR count). The van der Waals surface area contributed by atoms with Gasteiger partial charge in [0.15, 0.2) is 0 Å². The third-order valence-electron chi connectivity index (χ3n) is 3.04. The summed E-state index contributed by atoms with van der Waals surface area (Å²) in [6, 6.07) is 6.71. The summed E-state index contributed by atoms with van der Waals surface area (Å²) in [6.45, 7) is 0.709. The summed E-state index contributed by atoms with van der Waals surface area (Å²) in [5.74, 6) is -0.525. The van der Waals surface area contributed by atoms with E-state index in [1.807, 2.05) is 18.4 Å². The molecule has 1 heterocycles. The van der Waals surface area contributed by atoms with Crippen LogP contribution in [0.15, 0.2) is 29.6 Å². The molecule has 0 saturated heterocycles. The molecular weight excluding hydrogens is 310 g/mol. The van der Waals surface area contributed by atoms with Crippen LogP contribution < -0.4 is 0 Å². The predicted octanol–water partition coefficient (Wildman–Crippen LogP) is 2.82. The molecule has 0 fully saturated rings. The Kier molecular flexibility index (Phi) is 5.57. The van der Waals surface area contributed by atoms with Crippen LogP contribution in [0.1, 0.15) is 15.4 Å². The molecule has 0 spiro atoms. The number of aliphatic hydroxyl groups excluding tert-OH is 1.